The van der Waals surface area contributed by atoms with Gasteiger partial charge in [0.15, 0.2) is 0 Å². The minimum absolute atomic E-state index is 0.117. The molecule has 2 aliphatic rings. The molecule has 140 valence electrons. The first-order valence-corrected chi connectivity index (χ1v) is 9.35. The van der Waals surface area contributed by atoms with Gasteiger partial charge in [-0.1, -0.05) is 5.16 Å². The number of fused-ring (bicyclic) bond motifs is 1. The van der Waals surface area contributed by atoms with E-state index in [-0.39, 0.29) is 11.3 Å². The molecule has 3 aromatic heterocycles. The van der Waals surface area contributed by atoms with E-state index in [0.29, 0.717) is 18.7 Å². The molecule has 0 atom stereocenters. The van der Waals surface area contributed by atoms with E-state index in [1.807, 2.05) is 30.2 Å². The molecule has 0 aromatic carbocycles. The van der Waals surface area contributed by atoms with Gasteiger partial charge < -0.3 is 19.3 Å². The molecule has 1 aliphatic heterocycles. The standard InChI is InChI=1S/C19H22N6O2/c1-13-8-14(23-27-13)9-16(26)24-6-7-25(11-19(10-24)3-4-19)18-15-2-5-20-17(15)21-12-22-18/h2,5,8,12H,3-4,6-7,9-11H2,1H3,(H,20,21,22). The normalized spacial score (nSPS) is 18.9. The molecule has 1 aliphatic carbocycles. The third-order valence-corrected chi connectivity index (χ3v) is 5.64. The summed E-state index contributed by atoms with van der Waals surface area (Å²) in [5.41, 5.74) is 1.73. The fraction of sp³-hybridized carbons (Fsp3) is 0.474. The molecular weight excluding hydrogens is 344 g/mol. The molecule has 1 N–H and O–H groups in total. The maximum atomic E-state index is 12.9. The number of nitrogens with one attached hydrogen (secondary N) is 1. The summed E-state index contributed by atoms with van der Waals surface area (Å²) in [5.74, 6) is 1.80. The van der Waals surface area contributed by atoms with E-state index < -0.39 is 0 Å². The number of aromatic amines is 1. The average Bonchev–Trinajstić information content (AvgIpc) is 3.09. The van der Waals surface area contributed by atoms with Crippen molar-refractivity contribution < 1.29 is 9.32 Å². The first-order chi connectivity index (χ1) is 13.1. The number of aromatic nitrogens is 4. The third kappa shape index (κ3) is 3.05. The monoisotopic (exact) mass is 366 g/mol. The van der Waals surface area contributed by atoms with Crippen molar-refractivity contribution in [2.24, 2.45) is 5.41 Å². The predicted octanol–water partition coefficient (Wildman–Crippen LogP) is 1.93. The third-order valence-electron chi connectivity index (χ3n) is 5.64. The first kappa shape index (κ1) is 16.3. The van der Waals surface area contributed by atoms with Gasteiger partial charge in [0.1, 0.15) is 23.6 Å². The molecule has 0 unspecified atom stereocenters. The number of amides is 1. The molecule has 1 spiro atoms. The van der Waals surface area contributed by atoms with Crippen LogP contribution in [0.4, 0.5) is 5.82 Å². The largest absolute Gasteiger partial charge is 0.361 e. The van der Waals surface area contributed by atoms with E-state index in [1.165, 1.54) is 0 Å². The average molecular weight is 366 g/mol. The Morgan fingerprint density at radius 1 is 1.30 bits per heavy atom. The summed E-state index contributed by atoms with van der Waals surface area (Å²) in [5, 5.41) is 5.00. The highest BCUT2D eigenvalue weighted by Gasteiger charge is 2.47. The number of anilines is 1. The predicted molar refractivity (Wildman–Crippen MR) is 99.3 cm³/mol. The second-order valence-corrected chi connectivity index (χ2v) is 7.78. The Hall–Kier alpha value is -2.90. The lowest BCUT2D eigenvalue weighted by atomic mass is 10.1. The highest BCUT2D eigenvalue weighted by Crippen LogP contribution is 2.48. The number of nitrogens with zero attached hydrogens (tertiary/aromatic N) is 5. The molecule has 8 nitrogen and oxygen atoms in total. The van der Waals surface area contributed by atoms with Crippen LogP contribution in [-0.4, -0.2) is 57.1 Å². The Bertz CT molecular complexity index is 989. The van der Waals surface area contributed by atoms with Crippen LogP contribution in [0.15, 0.2) is 29.2 Å². The maximum absolute atomic E-state index is 12.9. The van der Waals surface area contributed by atoms with Crippen molar-refractivity contribution in [3.05, 3.63) is 36.1 Å². The van der Waals surface area contributed by atoms with E-state index >= 15 is 0 Å². The zero-order valence-electron chi connectivity index (χ0n) is 15.3. The van der Waals surface area contributed by atoms with Crippen LogP contribution in [0.5, 0.6) is 0 Å². The summed E-state index contributed by atoms with van der Waals surface area (Å²) in [6.07, 6.45) is 6.09. The summed E-state index contributed by atoms with van der Waals surface area (Å²) >= 11 is 0. The van der Waals surface area contributed by atoms with Crippen molar-refractivity contribution in [2.75, 3.05) is 31.1 Å². The van der Waals surface area contributed by atoms with E-state index in [0.717, 1.165) is 55.1 Å². The summed E-state index contributed by atoms with van der Waals surface area (Å²) in [6.45, 7) is 5.03. The molecule has 3 aromatic rings. The molecular formula is C19H22N6O2. The molecule has 4 heterocycles. The highest BCUT2D eigenvalue weighted by atomic mass is 16.5. The number of carbonyl (C=O) groups excluding carboxylic acids is 1. The van der Waals surface area contributed by atoms with Gasteiger partial charge in [-0.25, -0.2) is 9.97 Å². The number of rotatable bonds is 3. The van der Waals surface area contributed by atoms with E-state index in [4.69, 9.17) is 4.52 Å². The van der Waals surface area contributed by atoms with E-state index in [9.17, 15) is 4.79 Å². The van der Waals surface area contributed by atoms with Crippen LogP contribution in [0.3, 0.4) is 0 Å². The Balaban J connectivity index is 1.37. The number of H-pyrrole nitrogens is 1. The second-order valence-electron chi connectivity index (χ2n) is 7.78. The summed E-state index contributed by atoms with van der Waals surface area (Å²) in [6, 6.07) is 3.85. The topological polar surface area (TPSA) is 91.2 Å². The van der Waals surface area contributed by atoms with Gasteiger partial charge in [-0.05, 0) is 25.8 Å². The fourth-order valence-electron chi connectivity index (χ4n) is 4.02. The lowest BCUT2D eigenvalue weighted by Gasteiger charge is -2.25. The SMILES string of the molecule is Cc1cc(CC(=O)N2CCN(c3ncnc4[nH]ccc34)CC3(CC3)C2)no1. The summed E-state index contributed by atoms with van der Waals surface area (Å²) in [4.78, 5) is 29.2. The van der Waals surface area contributed by atoms with Crippen molar-refractivity contribution in [2.45, 2.75) is 26.2 Å². The number of hydrogen-bond acceptors (Lipinski definition) is 6. The van der Waals surface area contributed by atoms with Crippen LogP contribution in [0.2, 0.25) is 0 Å². The van der Waals surface area contributed by atoms with Crippen molar-refractivity contribution in [3.63, 3.8) is 0 Å². The minimum atomic E-state index is 0.117. The molecule has 1 saturated heterocycles. The van der Waals surface area contributed by atoms with Crippen molar-refractivity contribution in [3.8, 4) is 0 Å². The lowest BCUT2D eigenvalue weighted by molar-refractivity contribution is -0.131. The Labute approximate surface area is 156 Å². The Kier molecular flexibility index (Phi) is 3.66. The smallest absolute Gasteiger partial charge is 0.228 e. The first-order valence-electron chi connectivity index (χ1n) is 9.35. The van der Waals surface area contributed by atoms with Crippen molar-refractivity contribution >= 4 is 22.8 Å². The number of hydrogen-bond donors (Lipinski definition) is 1. The van der Waals surface area contributed by atoms with Gasteiger partial charge in [-0.2, -0.15) is 0 Å². The zero-order chi connectivity index (χ0) is 18.4. The van der Waals surface area contributed by atoms with Gasteiger partial charge >= 0.3 is 0 Å². The van der Waals surface area contributed by atoms with Crippen molar-refractivity contribution in [1.82, 2.24) is 25.0 Å². The van der Waals surface area contributed by atoms with Gasteiger partial charge in [-0.3, -0.25) is 4.79 Å². The molecule has 27 heavy (non-hydrogen) atoms. The van der Waals surface area contributed by atoms with Gasteiger partial charge in [0, 0.05) is 43.9 Å². The van der Waals surface area contributed by atoms with Crippen LogP contribution >= 0.6 is 0 Å². The van der Waals surface area contributed by atoms with E-state index in [2.05, 4.69) is 25.0 Å². The minimum Gasteiger partial charge on any atom is -0.361 e. The molecule has 8 heteroatoms. The maximum Gasteiger partial charge on any atom is 0.228 e. The molecule has 1 amide bonds. The quantitative estimate of drug-likeness (QED) is 0.762. The van der Waals surface area contributed by atoms with Gasteiger partial charge in [0.25, 0.3) is 0 Å². The molecule has 0 bridgehead atoms. The number of aryl methyl sites for hydroxylation is 1. The molecule has 0 radical (unpaired) electrons. The number of carbonyl (C=O) groups is 1. The molecule has 5 rings (SSSR count). The van der Waals surface area contributed by atoms with E-state index in [1.54, 1.807) is 6.33 Å². The lowest BCUT2D eigenvalue weighted by Crippen LogP contribution is -2.37. The molecule has 1 saturated carbocycles. The van der Waals surface area contributed by atoms with Crippen LogP contribution < -0.4 is 4.90 Å². The van der Waals surface area contributed by atoms with Gasteiger partial charge in [0.2, 0.25) is 5.91 Å². The Morgan fingerprint density at radius 2 is 2.19 bits per heavy atom. The molecule has 2 fully saturated rings. The summed E-state index contributed by atoms with van der Waals surface area (Å²) in [7, 11) is 0. The zero-order valence-corrected chi connectivity index (χ0v) is 15.3. The van der Waals surface area contributed by atoms with Crippen LogP contribution in [0, 0.1) is 12.3 Å². The summed E-state index contributed by atoms with van der Waals surface area (Å²) < 4.78 is 5.09. The van der Waals surface area contributed by atoms with Gasteiger partial charge in [0.05, 0.1) is 17.5 Å². The van der Waals surface area contributed by atoms with Crippen molar-refractivity contribution in [1.29, 1.82) is 0 Å². The Morgan fingerprint density at radius 3 is 2.96 bits per heavy atom. The van der Waals surface area contributed by atoms with Crippen LogP contribution in [0.1, 0.15) is 24.3 Å². The fourth-order valence-corrected chi connectivity index (χ4v) is 4.02. The highest BCUT2D eigenvalue weighted by molar-refractivity contribution is 5.87. The van der Waals surface area contributed by atoms with Gasteiger partial charge in [-0.15, -0.1) is 0 Å². The second kappa shape index (κ2) is 6.07. The van der Waals surface area contributed by atoms with Crippen LogP contribution in [-0.2, 0) is 11.2 Å². The van der Waals surface area contributed by atoms with Crippen LogP contribution in [0.25, 0.3) is 11.0 Å².